The lowest BCUT2D eigenvalue weighted by Crippen LogP contribution is -2.36. The lowest BCUT2D eigenvalue weighted by atomic mass is 9.90. The molecule has 9 nitrogen and oxygen atoms in total. The van der Waals surface area contributed by atoms with Crippen LogP contribution >= 0.6 is 0 Å². The number of benzene rings is 4. The molecule has 0 fully saturated rings. The number of carboxylic acid groups (broad SMARTS) is 1. The SMILES string of the molecule is O=C(NCC(O)C(=O)O)c1ccc(CN(CC(c2ccccc2)c2ccccc2)C(=O)c2cc3cc(OC(F)(F)F)ccc3[nH]2)cc1. The van der Waals surface area contributed by atoms with Crippen LogP contribution in [0.25, 0.3) is 10.9 Å². The van der Waals surface area contributed by atoms with E-state index in [1.54, 1.807) is 17.0 Å². The van der Waals surface area contributed by atoms with Gasteiger partial charge in [0.05, 0.1) is 6.54 Å². The van der Waals surface area contributed by atoms with Crippen molar-refractivity contribution in [2.45, 2.75) is 24.9 Å². The third-order valence-corrected chi connectivity index (χ3v) is 7.48. The number of fused-ring (bicyclic) bond motifs is 1. The van der Waals surface area contributed by atoms with Crippen LogP contribution in [0.15, 0.2) is 109 Å². The number of hydrogen-bond donors (Lipinski definition) is 4. The van der Waals surface area contributed by atoms with Gasteiger partial charge in [-0.15, -0.1) is 13.2 Å². The van der Waals surface area contributed by atoms with Gasteiger partial charge in [0.2, 0.25) is 0 Å². The third-order valence-electron chi connectivity index (χ3n) is 7.48. The zero-order valence-corrected chi connectivity index (χ0v) is 24.8. The molecule has 0 spiro atoms. The van der Waals surface area contributed by atoms with E-state index in [-0.39, 0.29) is 30.3 Å². The van der Waals surface area contributed by atoms with Gasteiger partial charge in [-0.05, 0) is 53.1 Å². The van der Waals surface area contributed by atoms with Gasteiger partial charge in [-0.2, -0.15) is 0 Å². The van der Waals surface area contributed by atoms with E-state index in [2.05, 4.69) is 15.0 Å². The van der Waals surface area contributed by atoms with Crippen molar-refractivity contribution in [2.24, 2.45) is 0 Å². The van der Waals surface area contributed by atoms with Crippen LogP contribution in [-0.2, 0) is 11.3 Å². The first kappa shape index (κ1) is 32.8. The number of aromatic nitrogens is 1. The number of alkyl halides is 3. The monoisotopic (exact) mass is 645 g/mol. The summed E-state index contributed by atoms with van der Waals surface area (Å²) in [6.07, 6.45) is -6.60. The number of rotatable bonds is 12. The minimum atomic E-state index is -4.86. The van der Waals surface area contributed by atoms with E-state index >= 15 is 0 Å². The Bertz CT molecular complexity index is 1800. The second-order valence-electron chi connectivity index (χ2n) is 10.8. The molecule has 1 aromatic heterocycles. The highest BCUT2D eigenvalue weighted by molar-refractivity contribution is 5.98. The number of ether oxygens (including phenoxy) is 1. The molecule has 0 bridgehead atoms. The molecule has 2 amide bonds. The van der Waals surface area contributed by atoms with Gasteiger partial charge < -0.3 is 30.2 Å². The molecule has 0 aliphatic rings. The Morgan fingerprint density at radius 3 is 2.04 bits per heavy atom. The van der Waals surface area contributed by atoms with E-state index in [1.807, 2.05) is 60.7 Å². The number of nitrogens with one attached hydrogen (secondary N) is 2. The maximum absolute atomic E-state index is 14.2. The molecule has 5 rings (SSSR count). The fourth-order valence-electron chi connectivity index (χ4n) is 5.17. The Morgan fingerprint density at radius 2 is 1.47 bits per heavy atom. The minimum Gasteiger partial charge on any atom is -0.479 e. The van der Waals surface area contributed by atoms with Crippen LogP contribution in [0.2, 0.25) is 0 Å². The second-order valence-corrected chi connectivity index (χ2v) is 10.8. The van der Waals surface area contributed by atoms with Gasteiger partial charge in [-0.25, -0.2) is 4.79 Å². The summed E-state index contributed by atoms with van der Waals surface area (Å²) in [5.74, 6) is -3.08. The van der Waals surface area contributed by atoms with Gasteiger partial charge in [0.25, 0.3) is 11.8 Å². The predicted octanol–water partition coefficient (Wildman–Crippen LogP) is 5.72. The zero-order valence-electron chi connectivity index (χ0n) is 24.8. The van der Waals surface area contributed by atoms with Gasteiger partial charge in [-0.3, -0.25) is 9.59 Å². The molecule has 1 heterocycles. The van der Waals surface area contributed by atoms with Gasteiger partial charge in [0.1, 0.15) is 11.4 Å². The largest absolute Gasteiger partial charge is 0.573 e. The first-order valence-electron chi connectivity index (χ1n) is 14.5. The number of aliphatic carboxylic acids is 1. The first-order chi connectivity index (χ1) is 22.5. The molecular weight excluding hydrogens is 615 g/mol. The summed E-state index contributed by atoms with van der Waals surface area (Å²) in [6.45, 7) is -0.112. The molecule has 1 unspecified atom stereocenters. The quantitative estimate of drug-likeness (QED) is 0.137. The first-order valence-corrected chi connectivity index (χ1v) is 14.5. The highest BCUT2D eigenvalue weighted by Gasteiger charge is 2.31. The third kappa shape index (κ3) is 8.56. The number of aliphatic hydroxyl groups is 1. The van der Waals surface area contributed by atoms with Crippen LogP contribution in [-0.4, -0.2) is 63.4 Å². The molecule has 5 aromatic rings. The maximum atomic E-state index is 14.2. The Morgan fingerprint density at radius 1 is 0.851 bits per heavy atom. The lowest BCUT2D eigenvalue weighted by Gasteiger charge is -2.28. The predicted molar refractivity (Wildman–Crippen MR) is 167 cm³/mol. The second kappa shape index (κ2) is 14.2. The average molecular weight is 646 g/mol. The van der Waals surface area contributed by atoms with Crippen LogP contribution in [0.3, 0.4) is 0 Å². The van der Waals surface area contributed by atoms with Crippen molar-refractivity contribution in [3.63, 3.8) is 0 Å². The van der Waals surface area contributed by atoms with E-state index in [4.69, 9.17) is 5.11 Å². The summed E-state index contributed by atoms with van der Waals surface area (Å²) in [4.78, 5) is 42.1. The summed E-state index contributed by atoms with van der Waals surface area (Å²) in [5, 5.41) is 21.0. The number of carbonyl (C=O) groups excluding carboxylic acids is 2. The van der Waals surface area contributed by atoms with Crippen LogP contribution in [0.1, 0.15) is 43.5 Å². The van der Waals surface area contributed by atoms with Crippen LogP contribution in [0.5, 0.6) is 5.75 Å². The molecule has 4 N–H and O–H groups in total. The molecule has 0 saturated heterocycles. The van der Waals surface area contributed by atoms with Gasteiger partial charge in [0.15, 0.2) is 6.10 Å². The van der Waals surface area contributed by atoms with Crippen molar-refractivity contribution in [1.29, 1.82) is 0 Å². The number of aliphatic hydroxyl groups excluding tert-OH is 1. The molecule has 0 aliphatic carbocycles. The van der Waals surface area contributed by atoms with Gasteiger partial charge in [-0.1, -0.05) is 72.8 Å². The maximum Gasteiger partial charge on any atom is 0.573 e. The van der Waals surface area contributed by atoms with Crippen LogP contribution < -0.4 is 10.1 Å². The molecule has 4 aromatic carbocycles. The summed E-state index contributed by atoms with van der Waals surface area (Å²) >= 11 is 0. The van der Waals surface area contributed by atoms with E-state index < -0.39 is 42.5 Å². The number of H-pyrrole nitrogens is 1. The average Bonchev–Trinajstić information content (AvgIpc) is 3.49. The number of amides is 2. The summed E-state index contributed by atoms with van der Waals surface area (Å²) in [7, 11) is 0. The number of carbonyl (C=O) groups is 3. The number of carboxylic acids is 1. The lowest BCUT2D eigenvalue weighted by molar-refractivity contribution is -0.274. The molecule has 0 aliphatic heterocycles. The smallest absolute Gasteiger partial charge is 0.479 e. The number of halogens is 3. The van der Waals surface area contributed by atoms with Crippen molar-refractivity contribution >= 4 is 28.7 Å². The van der Waals surface area contributed by atoms with Gasteiger partial charge in [0, 0.05) is 35.5 Å². The Balaban J connectivity index is 1.45. The number of aromatic amines is 1. The van der Waals surface area contributed by atoms with Crippen molar-refractivity contribution in [1.82, 2.24) is 15.2 Å². The van der Waals surface area contributed by atoms with Crippen molar-refractivity contribution in [3.8, 4) is 5.75 Å². The molecule has 0 saturated carbocycles. The fraction of sp³-hybridized carbons (Fsp3) is 0.171. The Kier molecular flexibility index (Phi) is 9.91. The molecule has 242 valence electrons. The number of hydrogen-bond acceptors (Lipinski definition) is 5. The number of nitrogens with zero attached hydrogens (tertiary/aromatic N) is 1. The zero-order chi connectivity index (χ0) is 33.6. The Labute approximate surface area is 267 Å². The normalized spacial score (nSPS) is 12.1. The van der Waals surface area contributed by atoms with Crippen LogP contribution in [0, 0.1) is 0 Å². The van der Waals surface area contributed by atoms with E-state index in [0.717, 1.165) is 11.1 Å². The summed E-state index contributed by atoms with van der Waals surface area (Å²) in [5.41, 5.74) is 3.46. The molecular formula is C35H30F3N3O6. The molecule has 0 radical (unpaired) electrons. The topological polar surface area (TPSA) is 132 Å². The molecule has 47 heavy (non-hydrogen) atoms. The summed E-state index contributed by atoms with van der Waals surface area (Å²) < 4.78 is 42.5. The fourth-order valence-corrected chi connectivity index (χ4v) is 5.17. The van der Waals surface area contributed by atoms with E-state index in [0.29, 0.717) is 16.5 Å². The van der Waals surface area contributed by atoms with Crippen molar-refractivity contribution < 1.29 is 42.5 Å². The molecule has 12 heteroatoms. The van der Waals surface area contributed by atoms with E-state index in [9.17, 15) is 32.7 Å². The summed E-state index contributed by atoms with van der Waals surface area (Å²) in [6, 6.07) is 31.0. The van der Waals surface area contributed by atoms with Crippen molar-refractivity contribution in [3.05, 3.63) is 137 Å². The molecule has 1 atom stereocenters. The highest BCUT2D eigenvalue weighted by Crippen LogP contribution is 2.30. The highest BCUT2D eigenvalue weighted by atomic mass is 19.4. The van der Waals surface area contributed by atoms with Gasteiger partial charge >= 0.3 is 12.3 Å². The van der Waals surface area contributed by atoms with E-state index in [1.165, 1.54) is 36.4 Å². The van der Waals surface area contributed by atoms with Crippen LogP contribution in [0.4, 0.5) is 13.2 Å². The minimum absolute atomic E-state index is 0.117. The standard InChI is InChI=1S/C35H30F3N3O6/c36-35(37,38)47-27-15-16-29-26(17-27)18-30(40-29)33(44)41(21-28(23-7-3-1-4-8-23)24-9-5-2-6-10-24)20-22-11-13-25(14-12-22)32(43)39-19-31(42)34(45)46/h1-18,28,31,40,42H,19-21H2,(H,39,43)(H,45,46). The Hall–Kier alpha value is -5.62. The van der Waals surface area contributed by atoms with Crippen molar-refractivity contribution in [2.75, 3.05) is 13.1 Å².